The van der Waals surface area contributed by atoms with Crippen LogP contribution in [0.3, 0.4) is 0 Å². The molecular formula is C24H27N5O4S. The molecule has 3 aromatic rings. The van der Waals surface area contributed by atoms with E-state index in [1.54, 1.807) is 19.1 Å². The number of amides is 1. The van der Waals surface area contributed by atoms with Gasteiger partial charge in [0.25, 0.3) is 5.91 Å². The van der Waals surface area contributed by atoms with E-state index in [0.717, 1.165) is 31.4 Å². The van der Waals surface area contributed by atoms with E-state index >= 15 is 0 Å². The highest BCUT2D eigenvalue weighted by Crippen LogP contribution is 2.29. The Morgan fingerprint density at radius 1 is 0.971 bits per heavy atom. The normalized spacial score (nSPS) is 17.3. The smallest absolute Gasteiger partial charge is 0.257 e. The van der Waals surface area contributed by atoms with Crippen molar-refractivity contribution in [1.29, 1.82) is 0 Å². The van der Waals surface area contributed by atoms with Crippen LogP contribution in [0, 0.1) is 6.92 Å². The molecule has 2 aromatic carbocycles. The number of fused-ring (bicyclic) bond motifs is 1. The maximum absolute atomic E-state index is 13.4. The Hall–Kier alpha value is -3.08. The van der Waals surface area contributed by atoms with Crippen LogP contribution in [-0.2, 0) is 14.8 Å². The number of aryl methyl sites for hydroxylation is 1. The molecule has 0 saturated carbocycles. The average Bonchev–Trinajstić information content (AvgIpc) is 3.39. The summed E-state index contributed by atoms with van der Waals surface area (Å²) >= 11 is 0. The third kappa shape index (κ3) is 4.36. The lowest BCUT2D eigenvalue weighted by Gasteiger charge is -2.26. The molecule has 34 heavy (non-hydrogen) atoms. The number of ether oxygens (including phenoxy) is 1. The fourth-order valence-corrected chi connectivity index (χ4v) is 5.78. The first-order chi connectivity index (χ1) is 16.4. The molecule has 0 unspecified atom stereocenters. The molecule has 0 bridgehead atoms. The third-order valence-corrected chi connectivity index (χ3v) is 8.15. The summed E-state index contributed by atoms with van der Waals surface area (Å²) < 4.78 is 32.9. The second-order valence-electron chi connectivity index (χ2n) is 8.53. The van der Waals surface area contributed by atoms with Gasteiger partial charge in [0.2, 0.25) is 10.0 Å². The minimum absolute atomic E-state index is 0.0921. The van der Waals surface area contributed by atoms with Gasteiger partial charge in [0.15, 0.2) is 11.6 Å². The SMILES string of the molecule is Cc1ccc(S(=O)(=O)N2CCOCC2)cc1C(=O)Nc1nc2ccccc2nc1N1CCCC1. The Labute approximate surface area is 198 Å². The highest BCUT2D eigenvalue weighted by atomic mass is 32.2. The maximum atomic E-state index is 13.4. The van der Waals surface area contributed by atoms with Gasteiger partial charge in [0.1, 0.15) is 0 Å². The van der Waals surface area contributed by atoms with Crippen molar-refractivity contribution in [2.75, 3.05) is 49.6 Å². The zero-order valence-electron chi connectivity index (χ0n) is 19.0. The number of aromatic nitrogens is 2. The van der Waals surface area contributed by atoms with Crippen LogP contribution in [0.25, 0.3) is 11.0 Å². The first-order valence-corrected chi connectivity index (χ1v) is 12.9. The van der Waals surface area contributed by atoms with Gasteiger partial charge in [-0.2, -0.15) is 4.31 Å². The molecule has 2 fully saturated rings. The highest BCUT2D eigenvalue weighted by Gasteiger charge is 2.28. The zero-order valence-corrected chi connectivity index (χ0v) is 19.8. The van der Waals surface area contributed by atoms with Gasteiger partial charge < -0.3 is 15.0 Å². The Balaban J connectivity index is 1.49. The van der Waals surface area contributed by atoms with Gasteiger partial charge in [-0.05, 0) is 49.6 Å². The van der Waals surface area contributed by atoms with Crippen LogP contribution < -0.4 is 10.2 Å². The molecule has 2 aliphatic heterocycles. The molecule has 2 aliphatic rings. The lowest BCUT2D eigenvalue weighted by Crippen LogP contribution is -2.40. The Morgan fingerprint density at radius 3 is 2.35 bits per heavy atom. The molecule has 0 spiro atoms. The van der Waals surface area contributed by atoms with E-state index < -0.39 is 15.9 Å². The Bertz CT molecular complexity index is 1330. The predicted octanol–water partition coefficient (Wildman–Crippen LogP) is 2.81. The summed E-state index contributed by atoms with van der Waals surface area (Å²) in [5.41, 5.74) is 2.41. The molecule has 178 valence electrons. The van der Waals surface area contributed by atoms with Crippen LogP contribution in [0.5, 0.6) is 0 Å². The summed E-state index contributed by atoms with van der Waals surface area (Å²) in [5.74, 6) is 0.604. The van der Waals surface area contributed by atoms with Gasteiger partial charge in [-0.3, -0.25) is 4.79 Å². The minimum Gasteiger partial charge on any atom is -0.379 e. The molecule has 1 amide bonds. The van der Waals surface area contributed by atoms with Crippen molar-refractivity contribution in [2.24, 2.45) is 0 Å². The van der Waals surface area contributed by atoms with Crippen LogP contribution in [0.2, 0.25) is 0 Å². The quantitative estimate of drug-likeness (QED) is 0.597. The van der Waals surface area contributed by atoms with Crippen LogP contribution in [0.15, 0.2) is 47.4 Å². The largest absolute Gasteiger partial charge is 0.379 e. The van der Waals surface area contributed by atoms with Gasteiger partial charge >= 0.3 is 0 Å². The van der Waals surface area contributed by atoms with Gasteiger partial charge in [-0.25, -0.2) is 18.4 Å². The van der Waals surface area contributed by atoms with E-state index in [9.17, 15) is 13.2 Å². The number of para-hydroxylation sites is 2. The molecule has 9 nitrogen and oxygen atoms in total. The van der Waals surface area contributed by atoms with E-state index in [-0.39, 0.29) is 10.5 Å². The third-order valence-electron chi connectivity index (χ3n) is 6.25. The number of carbonyl (C=O) groups is 1. The van der Waals surface area contributed by atoms with E-state index in [4.69, 9.17) is 9.72 Å². The van der Waals surface area contributed by atoms with Crippen LogP contribution in [0.1, 0.15) is 28.8 Å². The first-order valence-electron chi connectivity index (χ1n) is 11.4. The number of hydrogen-bond acceptors (Lipinski definition) is 7. The zero-order chi connectivity index (χ0) is 23.7. The molecule has 3 heterocycles. The number of nitrogens with one attached hydrogen (secondary N) is 1. The van der Waals surface area contributed by atoms with Crippen LogP contribution >= 0.6 is 0 Å². The lowest BCUT2D eigenvalue weighted by molar-refractivity contribution is 0.0730. The lowest BCUT2D eigenvalue weighted by atomic mass is 10.1. The van der Waals surface area contributed by atoms with Crippen molar-refractivity contribution in [3.8, 4) is 0 Å². The molecule has 2 saturated heterocycles. The van der Waals surface area contributed by atoms with E-state index in [1.165, 1.54) is 10.4 Å². The molecule has 5 rings (SSSR count). The number of sulfonamides is 1. The second-order valence-corrected chi connectivity index (χ2v) is 10.5. The summed E-state index contributed by atoms with van der Waals surface area (Å²) in [6, 6.07) is 12.2. The molecule has 1 N–H and O–H groups in total. The molecule has 0 radical (unpaired) electrons. The second kappa shape index (κ2) is 9.28. The summed E-state index contributed by atoms with van der Waals surface area (Å²) in [6.07, 6.45) is 2.12. The van der Waals surface area contributed by atoms with Crippen molar-refractivity contribution in [3.05, 3.63) is 53.6 Å². The van der Waals surface area contributed by atoms with Crippen LogP contribution in [0.4, 0.5) is 11.6 Å². The van der Waals surface area contributed by atoms with Crippen molar-refractivity contribution in [2.45, 2.75) is 24.7 Å². The first kappa shape index (κ1) is 22.7. The topological polar surface area (TPSA) is 105 Å². The summed E-state index contributed by atoms with van der Waals surface area (Å²) in [4.78, 5) is 25.0. The summed E-state index contributed by atoms with van der Waals surface area (Å²) in [7, 11) is -3.72. The maximum Gasteiger partial charge on any atom is 0.257 e. The number of benzene rings is 2. The molecular weight excluding hydrogens is 454 g/mol. The fourth-order valence-electron chi connectivity index (χ4n) is 4.34. The van der Waals surface area contributed by atoms with Crippen molar-refractivity contribution >= 4 is 38.6 Å². The predicted molar refractivity (Wildman–Crippen MR) is 130 cm³/mol. The van der Waals surface area contributed by atoms with Gasteiger partial charge in [-0.1, -0.05) is 18.2 Å². The number of anilines is 2. The summed E-state index contributed by atoms with van der Waals surface area (Å²) in [6.45, 7) is 4.79. The number of hydrogen-bond donors (Lipinski definition) is 1. The molecule has 10 heteroatoms. The van der Waals surface area contributed by atoms with Crippen molar-refractivity contribution in [1.82, 2.24) is 14.3 Å². The number of nitrogens with zero attached hydrogens (tertiary/aromatic N) is 4. The van der Waals surface area contributed by atoms with E-state index in [2.05, 4.69) is 15.2 Å². The van der Waals surface area contributed by atoms with Gasteiger partial charge in [0.05, 0.1) is 29.1 Å². The highest BCUT2D eigenvalue weighted by molar-refractivity contribution is 7.89. The molecule has 0 atom stereocenters. The van der Waals surface area contributed by atoms with Crippen LogP contribution in [-0.4, -0.2) is 68.0 Å². The number of morpholine rings is 1. The molecule has 0 aliphatic carbocycles. The van der Waals surface area contributed by atoms with E-state index in [1.807, 2.05) is 24.3 Å². The standard InChI is InChI=1S/C24H27N5O4S/c1-17-8-9-18(34(31,32)29-12-14-33-15-13-29)16-19(17)24(30)27-22-23(28-10-4-5-11-28)26-21-7-3-2-6-20(21)25-22/h2-3,6-9,16H,4-5,10-15H2,1H3,(H,25,27,30). The monoisotopic (exact) mass is 481 g/mol. The number of carbonyl (C=O) groups excluding carboxylic acids is 1. The van der Waals surface area contributed by atoms with Crippen molar-refractivity contribution in [3.63, 3.8) is 0 Å². The number of rotatable bonds is 5. The molecule has 1 aromatic heterocycles. The Morgan fingerprint density at radius 2 is 1.65 bits per heavy atom. The van der Waals surface area contributed by atoms with Crippen molar-refractivity contribution < 1.29 is 17.9 Å². The Kier molecular flexibility index (Phi) is 6.20. The van der Waals surface area contributed by atoms with Gasteiger partial charge in [-0.15, -0.1) is 0 Å². The fraction of sp³-hybridized carbons (Fsp3) is 0.375. The average molecular weight is 482 g/mol. The minimum atomic E-state index is -3.72. The summed E-state index contributed by atoms with van der Waals surface area (Å²) in [5, 5.41) is 2.91. The van der Waals surface area contributed by atoms with Gasteiger partial charge in [0, 0.05) is 31.7 Å². The van der Waals surface area contributed by atoms with E-state index in [0.29, 0.717) is 49.0 Å².